The van der Waals surface area contributed by atoms with Gasteiger partial charge in [0, 0.05) is 0 Å². The molecule has 24 amide bonds. The maximum absolute atomic E-state index is 16.6. The minimum absolute atomic E-state index is 0.199. The Labute approximate surface area is 509 Å². The van der Waals surface area contributed by atoms with Gasteiger partial charge in [0.25, 0.3) is 0 Å². The highest BCUT2D eigenvalue weighted by Crippen LogP contribution is 2.74. The maximum atomic E-state index is 16.6. The molecule has 0 unspecified atom stereocenters. The number of rotatable bonds is 0. The molecule has 18 saturated heterocycles. The molecule has 12 spiro atoms. The Hall–Kier alpha value is -8.76. The van der Waals surface area contributed by atoms with Crippen molar-refractivity contribution in [1.82, 2.24) is 118 Å². The minimum Gasteiger partial charge on any atom is -0.279 e. The number of amides is 24. The van der Waals surface area contributed by atoms with Crippen molar-refractivity contribution in [2.24, 2.45) is 0 Å². The van der Waals surface area contributed by atoms with Gasteiger partial charge < -0.3 is 0 Å². The first-order chi connectivity index (χ1) is 43.4. The molecule has 6 saturated carbocycles. The second-order valence-electron chi connectivity index (χ2n) is 30.3. The number of hydrogen-bond donors (Lipinski definition) is 0. The average molecular weight is 1240 g/mol. The molecule has 0 N–H and O–H groups in total. The average Bonchev–Trinajstić information content (AvgIpc) is 1.45. The zero-order valence-corrected chi connectivity index (χ0v) is 48.8. The summed E-state index contributed by atoms with van der Waals surface area (Å²) < 4.78 is 0. The predicted molar refractivity (Wildman–Crippen MR) is 283 cm³/mol. The van der Waals surface area contributed by atoms with Gasteiger partial charge in [-0.15, -0.1) is 0 Å². The lowest BCUT2D eigenvalue weighted by Gasteiger charge is -2.55. The molecule has 18 aliphatic heterocycles. The first-order valence-electron chi connectivity index (χ1n) is 32.5. The highest BCUT2D eigenvalue weighted by atomic mass is 16.3. The van der Waals surface area contributed by atoms with Gasteiger partial charge in [-0.2, -0.15) is 0 Å². The Bertz CT molecular complexity index is 2940. The van der Waals surface area contributed by atoms with Crippen molar-refractivity contribution in [3.05, 3.63) is 0 Å². The predicted octanol–water partition coefficient (Wildman–Crippen LogP) is -0.118. The molecule has 0 atom stereocenters. The first kappa shape index (κ1) is 47.2. The zero-order chi connectivity index (χ0) is 60.0. The van der Waals surface area contributed by atoms with Crippen LogP contribution in [0.5, 0.6) is 0 Å². The van der Waals surface area contributed by atoms with Crippen LogP contribution in [0.3, 0.4) is 0 Å². The maximum Gasteiger partial charge on any atom is 0.326 e. The summed E-state index contributed by atoms with van der Waals surface area (Å²) in [5, 5.41) is 0. The summed E-state index contributed by atoms with van der Waals surface area (Å²) in [5.74, 6) is 0. The molecule has 0 aromatic rings. The lowest BCUT2D eigenvalue weighted by Crippen LogP contribution is -2.76. The molecular weight excluding hydrogens is 1180 g/mol. The lowest BCUT2D eigenvalue weighted by atomic mass is 9.90. The summed E-state index contributed by atoms with van der Waals surface area (Å²) in [6.45, 7) is -5.03. The third kappa shape index (κ3) is 3.34. The normalized spacial score (nSPS) is 48.3. The van der Waals surface area contributed by atoms with E-state index in [1.54, 1.807) is 118 Å². The summed E-state index contributed by atoms with van der Waals surface area (Å²) in [4.78, 5) is 238. The van der Waals surface area contributed by atoms with E-state index in [2.05, 4.69) is 0 Å². The van der Waals surface area contributed by atoms with Crippen molar-refractivity contribution in [1.29, 1.82) is 0 Å². The van der Waals surface area contributed by atoms with E-state index >= 15 is 57.5 Å². The van der Waals surface area contributed by atoms with E-state index < -0.39 is 220 Å². The van der Waals surface area contributed by atoms with E-state index in [4.69, 9.17) is 0 Å². The third-order valence-corrected chi connectivity index (χ3v) is 29.8. The van der Waals surface area contributed by atoms with Crippen molar-refractivity contribution in [2.45, 2.75) is 184 Å². The fourth-order valence-electron chi connectivity index (χ4n) is 27.6. The first-order valence-corrected chi connectivity index (χ1v) is 32.5. The van der Waals surface area contributed by atoms with Crippen LogP contribution in [0, 0.1) is 0 Å². The molecule has 0 aromatic heterocycles. The minimum atomic E-state index is -1.60. The Morgan fingerprint density at radius 2 is 0.200 bits per heavy atom. The Morgan fingerprint density at radius 3 is 0.267 bits per heavy atom. The molecule has 468 valence electrons. The standard InChI is InChI=1S/C54H60N24O12/c79-31-55-19-59-33(81)63-23-67-37(85)71-27-75-41(89)77-29-73-39(87)69-25-65-35(83)61-21-57(31)44-8-1-7-43(44,55)56-20-60-34(82)64(47(63)11-2-9-45(47,59)60)24-68-38(86)72(51(71)15-4-13-49(51,67)68)28-76-42(90)78(54(77)18-6-17-53(54,75)76)30-74-40(88)70(50(69)14-5-16-52(50,73)74)26-66-36(84)62(22-58(44)32(56)80)46(61)10-3-12-48(46,65)66/h1-30H2. The second-order valence-corrected chi connectivity index (χ2v) is 30.3. The number of nitrogens with zero attached hydrogens (tertiary/aromatic N) is 24. The number of hydrogen-bond acceptors (Lipinski definition) is 12. The van der Waals surface area contributed by atoms with Gasteiger partial charge in [-0.05, 0) is 116 Å². The van der Waals surface area contributed by atoms with Crippen molar-refractivity contribution in [3.63, 3.8) is 0 Å². The van der Waals surface area contributed by atoms with Crippen molar-refractivity contribution < 1.29 is 57.5 Å². The number of carbonyl (C=O) groups excluding carboxylic acids is 12. The Balaban J connectivity index is 0.780. The zero-order valence-electron chi connectivity index (χ0n) is 48.8. The smallest absolute Gasteiger partial charge is 0.279 e. The molecule has 18 heterocycles. The highest BCUT2D eigenvalue weighted by molar-refractivity contribution is 5.99. The molecule has 0 radical (unpaired) electrons. The van der Waals surface area contributed by atoms with Crippen molar-refractivity contribution >= 4 is 72.4 Å². The fourth-order valence-corrected chi connectivity index (χ4v) is 27.6. The largest absolute Gasteiger partial charge is 0.326 e. The van der Waals surface area contributed by atoms with Crippen molar-refractivity contribution in [2.75, 3.05) is 80.0 Å². The molecule has 90 heavy (non-hydrogen) atoms. The van der Waals surface area contributed by atoms with Crippen LogP contribution < -0.4 is 0 Å². The van der Waals surface area contributed by atoms with Gasteiger partial charge in [-0.3, -0.25) is 118 Å². The van der Waals surface area contributed by atoms with E-state index in [9.17, 15) is 0 Å². The Morgan fingerprint density at radius 1 is 0.133 bits per heavy atom. The summed E-state index contributed by atoms with van der Waals surface area (Å²) in [5.41, 5.74) is -19.2. The van der Waals surface area contributed by atoms with Crippen LogP contribution in [0.1, 0.15) is 116 Å². The second kappa shape index (κ2) is 12.4. The highest BCUT2D eigenvalue weighted by Gasteiger charge is 2.95. The van der Waals surface area contributed by atoms with Gasteiger partial charge in [0.15, 0.2) is 68.0 Å². The van der Waals surface area contributed by atoms with Gasteiger partial charge in [0.1, 0.15) is 80.0 Å². The van der Waals surface area contributed by atoms with E-state index in [0.717, 1.165) is 0 Å². The van der Waals surface area contributed by atoms with Gasteiger partial charge >= 0.3 is 72.4 Å². The molecule has 36 nitrogen and oxygen atoms in total. The summed E-state index contributed by atoms with van der Waals surface area (Å²) >= 11 is 0. The molecule has 0 bridgehead atoms. The topological polar surface area (TPSA) is 283 Å². The van der Waals surface area contributed by atoms with Crippen LogP contribution >= 0.6 is 0 Å². The SMILES string of the molecule is O=C1N2CN3C(=O)N4CN5C(=O)N6CN7C(=O)N8CN9C(=O)N%10CN%11C(=O)N%12CN1C1%13CCCC21N1CN2C(=O)N(CN%14C(=O)N(CN%15C(=O)N(CN%16C(=O)N(CN%17C(=O)N(CN%13C1=O)C%121CCCC%11%171)C%101CCCC9%161)C81CCCC7%151)C61CCCC5%141)C41CCCC321. The van der Waals surface area contributed by atoms with Crippen LogP contribution in [-0.4, -0.2) is 338 Å². The van der Waals surface area contributed by atoms with Crippen LogP contribution in [0.25, 0.3) is 0 Å². The quantitative estimate of drug-likeness (QED) is 0.307. The van der Waals surface area contributed by atoms with Gasteiger partial charge in [0.2, 0.25) is 0 Å². The van der Waals surface area contributed by atoms with E-state index in [1.807, 2.05) is 0 Å². The molecule has 24 fully saturated rings. The van der Waals surface area contributed by atoms with Crippen molar-refractivity contribution in [3.8, 4) is 0 Å². The lowest BCUT2D eigenvalue weighted by molar-refractivity contribution is -0.162. The van der Waals surface area contributed by atoms with Crippen LogP contribution in [0.15, 0.2) is 0 Å². The summed E-state index contributed by atoms with van der Waals surface area (Å²) in [6, 6.07) is -6.74. The van der Waals surface area contributed by atoms with Crippen LogP contribution in [0.4, 0.5) is 57.5 Å². The Kier molecular flexibility index (Phi) is 6.53. The third-order valence-electron chi connectivity index (χ3n) is 29.8. The van der Waals surface area contributed by atoms with E-state index in [1.165, 1.54) is 0 Å². The van der Waals surface area contributed by atoms with Gasteiger partial charge in [-0.1, -0.05) is 0 Å². The molecule has 0 aromatic carbocycles. The monoisotopic (exact) mass is 1240 g/mol. The van der Waals surface area contributed by atoms with Gasteiger partial charge in [-0.25, -0.2) is 57.5 Å². The van der Waals surface area contributed by atoms with E-state index in [0.29, 0.717) is 38.5 Å². The summed E-state index contributed by atoms with van der Waals surface area (Å²) in [7, 11) is 0. The molecule has 24 rings (SSSR count). The molecule has 36 heteroatoms. The number of carbonyl (C=O) groups is 12. The molecule has 6 aliphatic carbocycles. The van der Waals surface area contributed by atoms with Crippen LogP contribution in [-0.2, 0) is 0 Å². The number of urea groups is 12. The summed E-state index contributed by atoms with van der Waals surface area (Å²) in [6.07, 6.45) is 5.08. The molecule has 24 aliphatic rings. The van der Waals surface area contributed by atoms with E-state index in [-0.39, 0.29) is 77.0 Å². The van der Waals surface area contributed by atoms with Gasteiger partial charge in [0.05, 0.1) is 0 Å². The van der Waals surface area contributed by atoms with Crippen LogP contribution in [0.2, 0.25) is 0 Å². The molecular formula is C54H60N24O12. The fraction of sp³-hybridized carbons (Fsp3) is 0.778.